The fraction of sp³-hybridized carbons (Fsp3) is 0.222. The number of nitrogens with one attached hydrogen (secondary N) is 1. The van der Waals surface area contributed by atoms with Crippen LogP contribution in [-0.4, -0.2) is 24.6 Å². The zero-order valence-electron chi connectivity index (χ0n) is 13.5. The molecule has 0 saturated heterocycles. The first-order chi connectivity index (χ1) is 11.1. The maximum Gasteiger partial charge on any atom is 0.248 e. The van der Waals surface area contributed by atoms with Crippen molar-refractivity contribution in [2.24, 2.45) is 0 Å². The zero-order chi connectivity index (χ0) is 16.7. The van der Waals surface area contributed by atoms with Gasteiger partial charge in [0.05, 0.1) is 25.6 Å². The van der Waals surface area contributed by atoms with Crippen LogP contribution in [0.25, 0.3) is 6.08 Å². The molecular formula is C18H20N2O3. The predicted octanol–water partition coefficient (Wildman–Crippen LogP) is 3.45. The van der Waals surface area contributed by atoms with Crippen molar-refractivity contribution in [1.82, 2.24) is 4.98 Å². The lowest BCUT2D eigenvalue weighted by Gasteiger charge is -2.09. The van der Waals surface area contributed by atoms with E-state index in [4.69, 9.17) is 9.47 Å². The number of amides is 1. The lowest BCUT2D eigenvalue weighted by molar-refractivity contribution is -0.111. The Bertz CT molecular complexity index is 711. The number of anilines is 1. The highest BCUT2D eigenvalue weighted by molar-refractivity contribution is 6.02. The number of hydrogen-bond donors (Lipinski definition) is 1. The second-order valence-corrected chi connectivity index (χ2v) is 4.86. The van der Waals surface area contributed by atoms with Crippen molar-refractivity contribution in [3.8, 4) is 11.5 Å². The Labute approximate surface area is 136 Å². The molecule has 5 nitrogen and oxygen atoms in total. The number of carbonyl (C=O) groups excluding carboxylic acids is 1. The highest BCUT2D eigenvalue weighted by atomic mass is 16.5. The second-order valence-electron chi connectivity index (χ2n) is 4.86. The average Bonchev–Trinajstić information content (AvgIpc) is 2.55. The number of benzene rings is 1. The fourth-order valence-corrected chi connectivity index (χ4v) is 2.01. The number of ether oxygens (including phenoxy) is 2. The molecule has 0 atom stereocenters. The first-order valence-corrected chi connectivity index (χ1v) is 7.34. The molecule has 0 bridgehead atoms. The maximum absolute atomic E-state index is 12.0. The van der Waals surface area contributed by atoms with E-state index in [-0.39, 0.29) is 5.91 Å². The van der Waals surface area contributed by atoms with Crippen LogP contribution in [0.2, 0.25) is 0 Å². The molecule has 0 saturated carbocycles. The first kappa shape index (κ1) is 16.5. The van der Waals surface area contributed by atoms with Crippen LogP contribution in [0.5, 0.6) is 11.5 Å². The lowest BCUT2D eigenvalue weighted by atomic mass is 10.2. The molecule has 23 heavy (non-hydrogen) atoms. The largest absolute Gasteiger partial charge is 0.493 e. The van der Waals surface area contributed by atoms with E-state index in [0.717, 1.165) is 11.1 Å². The number of nitrogens with zero attached hydrogens (tertiary/aromatic N) is 1. The van der Waals surface area contributed by atoms with Crippen LogP contribution >= 0.6 is 0 Å². The number of hydrogen-bond acceptors (Lipinski definition) is 4. The molecule has 0 radical (unpaired) electrons. The average molecular weight is 312 g/mol. The van der Waals surface area contributed by atoms with Crippen LogP contribution in [0, 0.1) is 6.92 Å². The molecule has 0 aliphatic rings. The Morgan fingerprint density at radius 1 is 1.30 bits per heavy atom. The summed E-state index contributed by atoms with van der Waals surface area (Å²) in [6.45, 7) is 4.37. The van der Waals surface area contributed by atoms with Crippen molar-refractivity contribution in [1.29, 1.82) is 0 Å². The lowest BCUT2D eigenvalue weighted by Crippen LogP contribution is -2.09. The van der Waals surface area contributed by atoms with E-state index in [9.17, 15) is 4.79 Å². The minimum absolute atomic E-state index is 0.213. The summed E-state index contributed by atoms with van der Waals surface area (Å²) < 4.78 is 10.8. The normalized spacial score (nSPS) is 10.6. The third-order valence-electron chi connectivity index (χ3n) is 3.21. The molecule has 0 unspecified atom stereocenters. The van der Waals surface area contributed by atoms with Gasteiger partial charge < -0.3 is 14.8 Å². The highest BCUT2D eigenvalue weighted by Crippen LogP contribution is 2.28. The van der Waals surface area contributed by atoms with Gasteiger partial charge in [-0.2, -0.15) is 0 Å². The molecule has 1 aromatic carbocycles. The van der Waals surface area contributed by atoms with E-state index < -0.39 is 0 Å². The summed E-state index contributed by atoms with van der Waals surface area (Å²) in [5.74, 6) is 1.11. The summed E-state index contributed by atoms with van der Waals surface area (Å²) in [6.07, 6.45) is 6.52. The van der Waals surface area contributed by atoms with Gasteiger partial charge in [0.15, 0.2) is 11.5 Å². The van der Waals surface area contributed by atoms with Crippen LogP contribution in [0.1, 0.15) is 18.1 Å². The number of aromatic nitrogens is 1. The van der Waals surface area contributed by atoms with Crippen molar-refractivity contribution >= 4 is 17.7 Å². The Kier molecular flexibility index (Phi) is 5.74. The zero-order valence-corrected chi connectivity index (χ0v) is 13.5. The molecule has 0 aliphatic carbocycles. The maximum atomic E-state index is 12.0. The Hall–Kier alpha value is -2.82. The van der Waals surface area contributed by atoms with Gasteiger partial charge in [0.1, 0.15) is 0 Å². The standard InChI is InChI=1S/C18H20N2O3/c1-4-23-17-11-14(5-7-16(17)22-3)6-8-18(21)20-15-12-19-10-9-13(15)2/h5-12H,4H2,1-3H3,(H,20,21)/b8-6+. The van der Waals surface area contributed by atoms with Crippen LogP contribution in [0.15, 0.2) is 42.7 Å². The van der Waals surface area contributed by atoms with Crippen molar-refractivity contribution in [2.75, 3.05) is 19.0 Å². The van der Waals surface area contributed by atoms with Crippen LogP contribution < -0.4 is 14.8 Å². The molecule has 0 aliphatic heterocycles. The molecule has 1 N–H and O–H groups in total. The predicted molar refractivity (Wildman–Crippen MR) is 90.8 cm³/mol. The quantitative estimate of drug-likeness (QED) is 0.830. The third-order valence-corrected chi connectivity index (χ3v) is 3.21. The minimum Gasteiger partial charge on any atom is -0.493 e. The van der Waals surface area contributed by atoms with E-state index in [1.165, 1.54) is 6.08 Å². The first-order valence-electron chi connectivity index (χ1n) is 7.34. The molecule has 0 fully saturated rings. The molecule has 1 heterocycles. The summed E-state index contributed by atoms with van der Waals surface area (Å²) in [5.41, 5.74) is 2.52. The summed E-state index contributed by atoms with van der Waals surface area (Å²) in [5, 5.41) is 2.80. The second kappa shape index (κ2) is 7.98. The van der Waals surface area contributed by atoms with Gasteiger partial charge in [-0.25, -0.2) is 0 Å². The highest BCUT2D eigenvalue weighted by Gasteiger charge is 2.05. The van der Waals surface area contributed by atoms with Crippen LogP contribution in [0.4, 0.5) is 5.69 Å². The Morgan fingerprint density at radius 3 is 2.83 bits per heavy atom. The fourth-order valence-electron chi connectivity index (χ4n) is 2.01. The smallest absolute Gasteiger partial charge is 0.248 e. The van der Waals surface area contributed by atoms with Gasteiger partial charge in [0.25, 0.3) is 0 Å². The number of aryl methyl sites for hydroxylation is 1. The Balaban J connectivity index is 2.09. The van der Waals surface area contributed by atoms with E-state index in [1.54, 1.807) is 25.6 Å². The van der Waals surface area contributed by atoms with Gasteiger partial charge in [-0.1, -0.05) is 6.07 Å². The number of pyridine rings is 1. The summed E-state index contributed by atoms with van der Waals surface area (Å²) in [6, 6.07) is 7.35. The number of methoxy groups -OCH3 is 1. The van der Waals surface area contributed by atoms with Crippen LogP contribution in [-0.2, 0) is 4.79 Å². The molecule has 1 amide bonds. The van der Waals surface area contributed by atoms with Gasteiger partial charge in [-0.05, 0) is 49.2 Å². The van der Waals surface area contributed by atoms with Crippen molar-refractivity contribution in [3.63, 3.8) is 0 Å². The topological polar surface area (TPSA) is 60.5 Å². The third kappa shape index (κ3) is 4.57. The number of carbonyl (C=O) groups is 1. The summed E-state index contributed by atoms with van der Waals surface area (Å²) in [4.78, 5) is 16.0. The summed E-state index contributed by atoms with van der Waals surface area (Å²) in [7, 11) is 1.59. The van der Waals surface area contributed by atoms with Gasteiger partial charge in [-0.3, -0.25) is 9.78 Å². The summed E-state index contributed by atoms with van der Waals surface area (Å²) >= 11 is 0. The molecule has 2 aromatic rings. The monoisotopic (exact) mass is 312 g/mol. The number of rotatable bonds is 6. The van der Waals surface area contributed by atoms with Crippen molar-refractivity contribution in [3.05, 3.63) is 53.9 Å². The van der Waals surface area contributed by atoms with Gasteiger partial charge >= 0.3 is 0 Å². The van der Waals surface area contributed by atoms with Crippen molar-refractivity contribution in [2.45, 2.75) is 13.8 Å². The molecule has 120 valence electrons. The van der Waals surface area contributed by atoms with Crippen molar-refractivity contribution < 1.29 is 14.3 Å². The molecule has 1 aromatic heterocycles. The van der Waals surface area contributed by atoms with E-state index in [0.29, 0.717) is 23.8 Å². The SMILES string of the molecule is CCOc1cc(/C=C/C(=O)Nc2cnccc2C)ccc1OC. The van der Waals surface area contributed by atoms with Gasteiger partial charge in [0, 0.05) is 12.3 Å². The van der Waals surface area contributed by atoms with Crippen LogP contribution in [0.3, 0.4) is 0 Å². The Morgan fingerprint density at radius 2 is 2.13 bits per heavy atom. The molecule has 5 heteroatoms. The molecule has 2 rings (SSSR count). The molecule has 0 spiro atoms. The van der Waals surface area contributed by atoms with Gasteiger partial charge in [0.2, 0.25) is 5.91 Å². The minimum atomic E-state index is -0.213. The van der Waals surface area contributed by atoms with E-state index in [2.05, 4.69) is 10.3 Å². The van der Waals surface area contributed by atoms with E-state index >= 15 is 0 Å². The molecular weight excluding hydrogens is 292 g/mol. The van der Waals surface area contributed by atoms with E-state index in [1.807, 2.05) is 38.1 Å². The van der Waals surface area contributed by atoms with Gasteiger partial charge in [-0.15, -0.1) is 0 Å².